The van der Waals surface area contributed by atoms with Gasteiger partial charge in [-0.3, -0.25) is 4.79 Å². The van der Waals surface area contributed by atoms with Crippen LogP contribution < -0.4 is 11.1 Å². The monoisotopic (exact) mass is 280 g/mol. The summed E-state index contributed by atoms with van der Waals surface area (Å²) in [5, 5.41) is 3.01. The molecule has 3 rings (SSSR count). The fourth-order valence-corrected chi connectivity index (χ4v) is 2.64. The van der Waals surface area contributed by atoms with E-state index in [9.17, 15) is 4.79 Å². The minimum Gasteiger partial charge on any atom is -0.324 e. The minimum absolute atomic E-state index is 0.0609. The predicted molar refractivity (Wildman–Crippen MR) is 85.1 cm³/mol. The SMILES string of the molecule is NC1(C(=O)Nc2ccccc2Cc2ccccc2)CCC1. The summed E-state index contributed by atoms with van der Waals surface area (Å²) < 4.78 is 0. The van der Waals surface area contributed by atoms with Gasteiger partial charge in [0.15, 0.2) is 0 Å². The fourth-order valence-electron chi connectivity index (χ4n) is 2.64. The van der Waals surface area contributed by atoms with Crippen molar-refractivity contribution in [1.82, 2.24) is 0 Å². The van der Waals surface area contributed by atoms with E-state index >= 15 is 0 Å². The first-order chi connectivity index (χ1) is 10.2. The lowest BCUT2D eigenvalue weighted by molar-refractivity contribution is -0.123. The van der Waals surface area contributed by atoms with Gasteiger partial charge >= 0.3 is 0 Å². The second-order valence-electron chi connectivity index (χ2n) is 5.78. The summed E-state index contributed by atoms with van der Waals surface area (Å²) in [6.07, 6.45) is 3.39. The molecule has 1 saturated carbocycles. The molecule has 21 heavy (non-hydrogen) atoms. The van der Waals surface area contributed by atoms with Gasteiger partial charge in [-0.15, -0.1) is 0 Å². The summed E-state index contributed by atoms with van der Waals surface area (Å²) in [5.74, 6) is -0.0609. The molecule has 0 radical (unpaired) electrons. The van der Waals surface area contributed by atoms with Crippen molar-refractivity contribution in [2.75, 3.05) is 5.32 Å². The molecule has 3 nitrogen and oxygen atoms in total. The first-order valence-electron chi connectivity index (χ1n) is 7.40. The molecule has 1 aliphatic rings. The molecule has 0 bridgehead atoms. The van der Waals surface area contributed by atoms with Crippen LogP contribution in [-0.2, 0) is 11.2 Å². The van der Waals surface area contributed by atoms with Gasteiger partial charge in [0, 0.05) is 5.69 Å². The number of nitrogens with one attached hydrogen (secondary N) is 1. The molecule has 0 aromatic heterocycles. The van der Waals surface area contributed by atoms with E-state index in [0.29, 0.717) is 0 Å². The summed E-state index contributed by atoms with van der Waals surface area (Å²) in [5.41, 5.74) is 8.62. The number of rotatable bonds is 4. The summed E-state index contributed by atoms with van der Waals surface area (Å²) in [4.78, 5) is 12.3. The van der Waals surface area contributed by atoms with Gasteiger partial charge in [-0.05, 0) is 42.9 Å². The number of carbonyl (C=O) groups is 1. The molecular formula is C18H20N2O. The van der Waals surface area contributed by atoms with Crippen LogP contribution in [0, 0.1) is 0 Å². The Balaban J connectivity index is 1.78. The highest BCUT2D eigenvalue weighted by Gasteiger charge is 2.40. The van der Waals surface area contributed by atoms with E-state index in [-0.39, 0.29) is 5.91 Å². The number of benzene rings is 2. The van der Waals surface area contributed by atoms with E-state index in [4.69, 9.17) is 5.73 Å². The Morgan fingerprint density at radius 1 is 1.05 bits per heavy atom. The molecule has 0 spiro atoms. The highest BCUT2D eigenvalue weighted by molar-refractivity contribution is 5.99. The first-order valence-corrected chi connectivity index (χ1v) is 7.40. The van der Waals surface area contributed by atoms with Crippen molar-refractivity contribution in [3.63, 3.8) is 0 Å². The molecule has 0 atom stereocenters. The van der Waals surface area contributed by atoms with Crippen molar-refractivity contribution in [2.45, 2.75) is 31.2 Å². The molecule has 108 valence electrons. The summed E-state index contributed by atoms with van der Waals surface area (Å²) >= 11 is 0. The largest absolute Gasteiger partial charge is 0.324 e. The minimum atomic E-state index is -0.667. The van der Waals surface area contributed by atoms with Crippen molar-refractivity contribution in [3.8, 4) is 0 Å². The molecule has 2 aromatic carbocycles. The third kappa shape index (κ3) is 2.98. The van der Waals surface area contributed by atoms with Crippen molar-refractivity contribution in [1.29, 1.82) is 0 Å². The summed E-state index contributed by atoms with van der Waals surface area (Å²) in [6.45, 7) is 0. The molecule has 0 aliphatic heterocycles. The van der Waals surface area contributed by atoms with Gasteiger partial charge in [0.25, 0.3) is 0 Å². The van der Waals surface area contributed by atoms with E-state index in [2.05, 4.69) is 17.4 Å². The quantitative estimate of drug-likeness (QED) is 0.904. The Kier molecular flexibility index (Phi) is 3.76. The van der Waals surface area contributed by atoms with Crippen LogP contribution in [0.1, 0.15) is 30.4 Å². The molecule has 2 aromatic rings. The average Bonchev–Trinajstić information content (AvgIpc) is 2.48. The number of hydrogen-bond acceptors (Lipinski definition) is 2. The lowest BCUT2D eigenvalue weighted by Gasteiger charge is -2.36. The third-order valence-corrected chi connectivity index (χ3v) is 4.20. The molecule has 1 fully saturated rings. The van der Waals surface area contributed by atoms with Crippen LogP contribution in [0.4, 0.5) is 5.69 Å². The highest BCUT2D eigenvalue weighted by Crippen LogP contribution is 2.31. The van der Waals surface area contributed by atoms with Gasteiger partial charge in [-0.25, -0.2) is 0 Å². The van der Waals surface area contributed by atoms with E-state index < -0.39 is 5.54 Å². The number of amides is 1. The van der Waals surface area contributed by atoms with Gasteiger partial charge in [0.1, 0.15) is 0 Å². The zero-order valence-electron chi connectivity index (χ0n) is 12.0. The van der Waals surface area contributed by atoms with Crippen LogP contribution in [0.25, 0.3) is 0 Å². The Morgan fingerprint density at radius 2 is 1.71 bits per heavy atom. The van der Waals surface area contributed by atoms with E-state index in [1.54, 1.807) is 0 Å². The van der Waals surface area contributed by atoms with Crippen molar-refractivity contribution < 1.29 is 4.79 Å². The number of nitrogens with two attached hydrogens (primary N) is 1. The topological polar surface area (TPSA) is 55.1 Å². The van der Waals surface area contributed by atoms with E-state index in [0.717, 1.165) is 36.9 Å². The molecule has 3 heteroatoms. The average molecular weight is 280 g/mol. The Morgan fingerprint density at radius 3 is 2.38 bits per heavy atom. The van der Waals surface area contributed by atoms with Crippen LogP contribution in [-0.4, -0.2) is 11.4 Å². The van der Waals surface area contributed by atoms with Gasteiger partial charge in [-0.1, -0.05) is 48.5 Å². The van der Waals surface area contributed by atoms with Crippen LogP contribution in [0.2, 0.25) is 0 Å². The molecular weight excluding hydrogens is 260 g/mol. The maximum atomic E-state index is 12.3. The maximum absolute atomic E-state index is 12.3. The van der Waals surface area contributed by atoms with E-state index in [1.807, 2.05) is 42.5 Å². The van der Waals surface area contributed by atoms with Crippen LogP contribution in [0.15, 0.2) is 54.6 Å². The van der Waals surface area contributed by atoms with E-state index in [1.165, 1.54) is 5.56 Å². The number of anilines is 1. The van der Waals surface area contributed by atoms with Crippen molar-refractivity contribution in [3.05, 3.63) is 65.7 Å². The van der Waals surface area contributed by atoms with Crippen molar-refractivity contribution >= 4 is 11.6 Å². The normalized spacial score (nSPS) is 16.0. The summed E-state index contributed by atoms with van der Waals surface area (Å²) in [6, 6.07) is 18.2. The smallest absolute Gasteiger partial charge is 0.244 e. The Labute approximate surface area is 125 Å². The Hall–Kier alpha value is -2.13. The highest BCUT2D eigenvalue weighted by atomic mass is 16.2. The molecule has 0 unspecified atom stereocenters. The van der Waals surface area contributed by atoms with Crippen LogP contribution in [0.5, 0.6) is 0 Å². The zero-order chi connectivity index (χ0) is 14.7. The summed E-state index contributed by atoms with van der Waals surface area (Å²) in [7, 11) is 0. The zero-order valence-corrected chi connectivity index (χ0v) is 12.0. The Bertz CT molecular complexity index is 633. The number of hydrogen-bond donors (Lipinski definition) is 2. The number of para-hydroxylation sites is 1. The van der Waals surface area contributed by atoms with Gasteiger partial charge in [-0.2, -0.15) is 0 Å². The second kappa shape index (κ2) is 5.70. The van der Waals surface area contributed by atoms with Gasteiger partial charge in [0.05, 0.1) is 5.54 Å². The maximum Gasteiger partial charge on any atom is 0.244 e. The molecule has 3 N–H and O–H groups in total. The fraction of sp³-hybridized carbons (Fsp3) is 0.278. The first kappa shape index (κ1) is 13.8. The van der Waals surface area contributed by atoms with Crippen LogP contribution in [0.3, 0.4) is 0 Å². The van der Waals surface area contributed by atoms with Crippen LogP contribution >= 0.6 is 0 Å². The van der Waals surface area contributed by atoms with Gasteiger partial charge < -0.3 is 11.1 Å². The third-order valence-electron chi connectivity index (χ3n) is 4.20. The molecule has 1 aliphatic carbocycles. The lowest BCUT2D eigenvalue weighted by Crippen LogP contribution is -2.56. The molecule has 0 saturated heterocycles. The molecule has 1 amide bonds. The number of carbonyl (C=O) groups excluding carboxylic acids is 1. The van der Waals surface area contributed by atoms with Gasteiger partial charge in [0.2, 0.25) is 5.91 Å². The standard InChI is InChI=1S/C18H20N2O/c19-18(11-6-12-18)17(21)20-16-10-5-4-9-15(16)13-14-7-2-1-3-8-14/h1-5,7-10H,6,11-13,19H2,(H,20,21). The lowest BCUT2D eigenvalue weighted by atomic mass is 9.77. The van der Waals surface area contributed by atoms with Crippen molar-refractivity contribution in [2.24, 2.45) is 5.73 Å². The second-order valence-corrected chi connectivity index (χ2v) is 5.78. The molecule has 0 heterocycles. The predicted octanol–water partition coefficient (Wildman–Crippen LogP) is 3.10.